The van der Waals surface area contributed by atoms with Gasteiger partial charge in [-0.05, 0) is 31.4 Å². The van der Waals surface area contributed by atoms with Crippen molar-refractivity contribution in [2.45, 2.75) is 25.8 Å². The van der Waals surface area contributed by atoms with Crippen LogP contribution in [0.3, 0.4) is 0 Å². The molecule has 0 amide bonds. The Kier molecular flexibility index (Phi) is 3.76. The van der Waals surface area contributed by atoms with E-state index in [2.05, 4.69) is 29.8 Å². The number of carbonyl (C=O) groups is 1. The quantitative estimate of drug-likeness (QED) is 0.507. The van der Waals surface area contributed by atoms with Crippen LogP contribution >= 0.6 is 0 Å². The van der Waals surface area contributed by atoms with E-state index in [1.807, 2.05) is 16.8 Å². The Morgan fingerprint density at radius 1 is 1.25 bits per heavy atom. The van der Waals surface area contributed by atoms with Gasteiger partial charge in [-0.25, -0.2) is 0 Å². The first-order valence-electron chi connectivity index (χ1n) is 9.36. The highest BCUT2D eigenvalue weighted by molar-refractivity contribution is 6.04. The van der Waals surface area contributed by atoms with Crippen LogP contribution in [-0.4, -0.2) is 16.6 Å². The second kappa shape index (κ2) is 6.30. The minimum Gasteiger partial charge on any atom is -0.454 e. The number of carbonyl (C=O) groups excluding carboxylic acids is 1. The normalized spacial score (nSPS) is 15.1. The third kappa shape index (κ3) is 2.51. The van der Waals surface area contributed by atoms with Crippen molar-refractivity contribution in [2.24, 2.45) is 4.99 Å². The van der Waals surface area contributed by atoms with Gasteiger partial charge >= 0.3 is 0 Å². The lowest BCUT2D eigenvalue weighted by Gasteiger charge is -2.18. The van der Waals surface area contributed by atoms with Crippen molar-refractivity contribution in [3.05, 3.63) is 76.1 Å². The Bertz CT molecular complexity index is 1270. The van der Waals surface area contributed by atoms with E-state index < -0.39 is 0 Å². The molecular formula is C23H18N2O3. The first-order valence-corrected chi connectivity index (χ1v) is 9.36. The molecule has 5 heteroatoms. The number of rotatable bonds is 3. The monoisotopic (exact) mass is 370 g/mol. The summed E-state index contributed by atoms with van der Waals surface area (Å²) in [5.74, 6) is 0.343. The molecule has 0 aliphatic carbocycles. The van der Waals surface area contributed by atoms with Gasteiger partial charge in [0.1, 0.15) is 5.58 Å². The third-order valence-corrected chi connectivity index (χ3v) is 5.37. The molecule has 5 rings (SSSR count). The van der Waals surface area contributed by atoms with Crippen molar-refractivity contribution in [3.8, 4) is 11.5 Å². The Labute approximate surface area is 161 Å². The smallest absolute Gasteiger partial charge is 0.193 e. The Balaban J connectivity index is 1.66. The van der Waals surface area contributed by atoms with Gasteiger partial charge in [0.2, 0.25) is 0 Å². The van der Waals surface area contributed by atoms with Gasteiger partial charge in [-0.2, -0.15) is 0 Å². The third-order valence-electron chi connectivity index (χ3n) is 5.37. The Morgan fingerprint density at radius 3 is 2.93 bits per heavy atom. The number of aliphatic imine (C=N–C) groups is 1. The van der Waals surface area contributed by atoms with Gasteiger partial charge in [0.25, 0.3) is 0 Å². The van der Waals surface area contributed by atoms with Crippen LogP contribution in [-0.2, 0) is 13.0 Å². The van der Waals surface area contributed by atoms with Gasteiger partial charge in [-0.15, -0.1) is 0 Å². The van der Waals surface area contributed by atoms with E-state index in [4.69, 9.17) is 4.42 Å². The van der Waals surface area contributed by atoms with Crippen LogP contribution in [0.25, 0.3) is 28.1 Å². The number of pyridine rings is 1. The number of benzene rings is 1. The first kappa shape index (κ1) is 16.7. The Hall–Kier alpha value is -3.47. The molecular weight excluding hydrogens is 352 g/mol. The van der Waals surface area contributed by atoms with Crippen LogP contribution in [0.2, 0.25) is 0 Å². The molecule has 2 aliphatic heterocycles. The molecule has 2 aliphatic rings. The fourth-order valence-electron chi connectivity index (χ4n) is 3.95. The van der Waals surface area contributed by atoms with E-state index >= 15 is 0 Å². The molecule has 28 heavy (non-hydrogen) atoms. The molecule has 138 valence electrons. The van der Waals surface area contributed by atoms with E-state index in [9.17, 15) is 9.59 Å². The highest BCUT2D eigenvalue weighted by Gasteiger charge is 2.24. The van der Waals surface area contributed by atoms with Gasteiger partial charge in [0.15, 0.2) is 17.0 Å². The van der Waals surface area contributed by atoms with Gasteiger partial charge in [-0.1, -0.05) is 24.8 Å². The van der Waals surface area contributed by atoms with Gasteiger partial charge in [0.05, 0.1) is 17.0 Å². The summed E-state index contributed by atoms with van der Waals surface area (Å²) in [5.41, 5.74) is 4.42. The highest BCUT2D eigenvalue weighted by atomic mass is 16.3. The number of aryl methyl sites for hydroxylation is 2. The van der Waals surface area contributed by atoms with Crippen molar-refractivity contribution in [1.29, 1.82) is 0 Å². The topological polar surface area (TPSA) is 64.6 Å². The number of hydrogen-bond donors (Lipinski definition) is 0. The first-order chi connectivity index (χ1) is 13.7. The standard InChI is InChI=1S/C23H18N2O3/c1-2-20(26)17-13-25-10-8-16-15-7-6-14(18-5-3-4-9-24-18)11-22(15)28-23(16)19(25)12-21(17)27/h2,5-7,9,11-13H,1,3-4,8,10H2. The van der Waals surface area contributed by atoms with Crippen molar-refractivity contribution < 1.29 is 9.21 Å². The molecule has 0 fully saturated rings. The second-order valence-electron chi connectivity index (χ2n) is 7.05. The molecule has 3 aromatic rings. The summed E-state index contributed by atoms with van der Waals surface area (Å²) in [6.45, 7) is 4.16. The lowest BCUT2D eigenvalue weighted by atomic mass is 9.99. The number of fused-ring (bicyclic) bond motifs is 5. The van der Waals surface area contributed by atoms with E-state index in [1.54, 1.807) is 6.20 Å². The molecule has 0 unspecified atom stereocenters. The molecule has 0 saturated carbocycles. The Morgan fingerprint density at radius 2 is 2.14 bits per heavy atom. The molecule has 0 atom stereocenters. The summed E-state index contributed by atoms with van der Waals surface area (Å²) in [4.78, 5) is 28.8. The number of aromatic nitrogens is 1. The predicted octanol–water partition coefficient (Wildman–Crippen LogP) is 4.39. The van der Waals surface area contributed by atoms with Crippen molar-refractivity contribution >= 4 is 28.7 Å². The molecule has 0 bridgehead atoms. The van der Waals surface area contributed by atoms with Gasteiger partial charge in [-0.3, -0.25) is 14.6 Å². The number of nitrogens with zero attached hydrogens (tertiary/aromatic N) is 2. The molecule has 0 saturated heterocycles. The van der Waals surface area contributed by atoms with Gasteiger partial charge in [0, 0.05) is 41.5 Å². The van der Waals surface area contributed by atoms with Crippen LogP contribution in [0, 0.1) is 0 Å². The van der Waals surface area contributed by atoms with Crippen LogP contribution in [0.4, 0.5) is 0 Å². The van der Waals surface area contributed by atoms with Gasteiger partial charge < -0.3 is 8.98 Å². The average molecular weight is 370 g/mol. The highest BCUT2D eigenvalue weighted by Crippen LogP contribution is 2.38. The van der Waals surface area contributed by atoms with Crippen LogP contribution < -0.4 is 5.43 Å². The zero-order chi connectivity index (χ0) is 19.3. The zero-order valence-corrected chi connectivity index (χ0v) is 15.3. The van der Waals surface area contributed by atoms with E-state index in [1.165, 1.54) is 12.1 Å². The lowest BCUT2D eigenvalue weighted by molar-refractivity contribution is 0.104. The minimum atomic E-state index is -0.360. The summed E-state index contributed by atoms with van der Waals surface area (Å²) in [6, 6.07) is 7.65. The number of ketones is 1. The molecule has 0 N–H and O–H groups in total. The number of hydrogen-bond acceptors (Lipinski definition) is 4. The molecule has 0 spiro atoms. The molecule has 0 radical (unpaired) electrons. The summed E-state index contributed by atoms with van der Waals surface area (Å²) < 4.78 is 8.10. The summed E-state index contributed by atoms with van der Waals surface area (Å²) in [7, 11) is 0. The van der Waals surface area contributed by atoms with Crippen molar-refractivity contribution in [1.82, 2.24) is 4.57 Å². The predicted molar refractivity (Wildman–Crippen MR) is 110 cm³/mol. The summed E-state index contributed by atoms with van der Waals surface area (Å²) in [5, 5.41) is 1.06. The molecule has 2 aromatic heterocycles. The maximum atomic E-state index is 12.4. The van der Waals surface area contributed by atoms with Crippen molar-refractivity contribution in [2.75, 3.05) is 0 Å². The molecule has 1 aromatic carbocycles. The minimum absolute atomic E-state index is 0.141. The van der Waals surface area contributed by atoms with Crippen molar-refractivity contribution in [3.63, 3.8) is 0 Å². The number of furan rings is 1. The maximum absolute atomic E-state index is 12.4. The van der Waals surface area contributed by atoms with Crippen LogP contribution in [0.15, 0.2) is 63.4 Å². The second-order valence-corrected chi connectivity index (χ2v) is 7.05. The largest absolute Gasteiger partial charge is 0.454 e. The average Bonchev–Trinajstić information content (AvgIpc) is 3.11. The maximum Gasteiger partial charge on any atom is 0.193 e. The zero-order valence-electron chi connectivity index (χ0n) is 15.3. The fraction of sp³-hybridized carbons (Fsp3) is 0.174. The van der Waals surface area contributed by atoms with E-state index in [-0.39, 0.29) is 16.8 Å². The van der Waals surface area contributed by atoms with Crippen LogP contribution in [0.5, 0.6) is 0 Å². The van der Waals surface area contributed by atoms with Crippen LogP contribution in [0.1, 0.15) is 34.3 Å². The summed E-state index contributed by atoms with van der Waals surface area (Å²) >= 11 is 0. The molecule has 4 heterocycles. The fourth-order valence-corrected chi connectivity index (χ4v) is 3.95. The number of allylic oxidation sites excluding steroid dienone is 2. The summed E-state index contributed by atoms with van der Waals surface area (Å²) in [6.07, 6.45) is 9.61. The molecule has 5 nitrogen and oxygen atoms in total. The van der Waals surface area contributed by atoms with E-state index in [0.29, 0.717) is 18.0 Å². The lowest BCUT2D eigenvalue weighted by Crippen LogP contribution is -2.20. The van der Waals surface area contributed by atoms with E-state index in [0.717, 1.165) is 47.1 Å². The SMILES string of the molecule is C=CC(=O)c1cn2c(cc1=O)-c1oc3cc(C4=CCCC=N4)ccc3c1CC2.